The van der Waals surface area contributed by atoms with Crippen LogP contribution in [0.2, 0.25) is 0 Å². The fourth-order valence-corrected chi connectivity index (χ4v) is 4.08. The lowest BCUT2D eigenvalue weighted by Crippen LogP contribution is -2.25. The molecule has 27 heavy (non-hydrogen) atoms. The monoisotopic (exact) mass is 380 g/mol. The number of rotatable bonds is 8. The van der Waals surface area contributed by atoms with E-state index in [-0.39, 0.29) is 5.91 Å². The number of hydrogen-bond acceptors (Lipinski definition) is 4. The van der Waals surface area contributed by atoms with Gasteiger partial charge in [0, 0.05) is 22.8 Å². The quantitative estimate of drug-likeness (QED) is 0.444. The summed E-state index contributed by atoms with van der Waals surface area (Å²) < 4.78 is 5.22. The lowest BCUT2D eigenvalue weighted by atomic mass is 10.1. The molecule has 0 radical (unpaired) electrons. The van der Waals surface area contributed by atoms with Crippen LogP contribution < -0.4 is 5.32 Å². The first-order chi connectivity index (χ1) is 13.1. The summed E-state index contributed by atoms with van der Waals surface area (Å²) in [6.07, 6.45) is 1.88. The van der Waals surface area contributed by atoms with Gasteiger partial charge in [-0.3, -0.25) is 4.79 Å². The molecule has 0 bridgehead atoms. The number of aromatic nitrogens is 1. The maximum atomic E-state index is 12.6. The van der Waals surface area contributed by atoms with E-state index in [1.54, 1.807) is 11.8 Å². The molecule has 0 atom stereocenters. The number of carbonyl (C=O) groups excluding carboxylic acids is 1. The molecule has 140 valence electrons. The van der Waals surface area contributed by atoms with Crippen molar-refractivity contribution in [3.63, 3.8) is 0 Å². The molecule has 0 fully saturated rings. The topological polar surface area (TPSA) is 55.1 Å². The maximum absolute atomic E-state index is 12.6. The molecule has 0 aliphatic carbocycles. The van der Waals surface area contributed by atoms with Crippen molar-refractivity contribution >= 4 is 17.7 Å². The average Bonchev–Trinajstić information content (AvgIpc) is 3.02. The summed E-state index contributed by atoms with van der Waals surface area (Å²) in [7, 11) is 0. The summed E-state index contributed by atoms with van der Waals surface area (Å²) >= 11 is 1.64. The van der Waals surface area contributed by atoms with Gasteiger partial charge in [-0.15, -0.1) is 11.8 Å². The number of nitrogens with zero attached hydrogens (tertiary/aromatic N) is 1. The SMILES string of the molecule is Cc1noc(C)c1CSc1ccccc1C(=O)NCCCc1ccccc1. The Kier molecular flexibility index (Phi) is 6.71. The van der Waals surface area contributed by atoms with Gasteiger partial charge in [0.05, 0.1) is 11.3 Å². The van der Waals surface area contributed by atoms with Crippen LogP contribution in [-0.2, 0) is 12.2 Å². The molecule has 4 nitrogen and oxygen atoms in total. The zero-order chi connectivity index (χ0) is 19.1. The number of carbonyl (C=O) groups is 1. The minimum Gasteiger partial charge on any atom is -0.361 e. The summed E-state index contributed by atoms with van der Waals surface area (Å²) in [5.41, 5.74) is 4.01. The fourth-order valence-electron chi connectivity index (χ4n) is 2.87. The Hall–Kier alpha value is -2.53. The molecule has 0 saturated carbocycles. The number of aryl methyl sites for hydroxylation is 3. The minimum absolute atomic E-state index is 0.0232. The molecule has 2 aromatic carbocycles. The van der Waals surface area contributed by atoms with Gasteiger partial charge in [0.1, 0.15) is 5.76 Å². The average molecular weight is 381 g/mol. The predicted molar refractivity (Wildman–Crippen MR) is 109 cm³/mol. The van der Waals surface area contributed by atoms with Crippen LogP contribution in [0.3, 0.4) is 0 Å². The molecule has 0 aliphatic heterocycles. The number of thioether (sulfide) groups is 1. The molecule has 0 spiro atoms. The van der Waals surface area contributed by atoms with E-state index in [0.29, 0.717) is 12.1 Å². The molecule has 3 rings (SSSR count). The molecule has 5 heteroatoms. The lowest BCUT2D eigenvalue weighted by molar-refractivity contribution is 0.0950. The summed E-state index contributed by atoms with van der Waals surface area (Å²) in [4.78, 5) is 13.6. The minimum atomic E-state index is -0.0232. The van der Waals surface area contributed by atoms with Crippen LogP contribution in [-0.4, -0.2) is 17.6 Å². The van der Waals surface area contributed by atoms with Gasteiger partial charge >= 0.3 is 0 Å². The van der Waals surface area contributed by atoms with Crippen LogP contribution in [0.5, 0.6) is 0 Å². The second-order valence-corrected chi connectivity index (χ2v) is 7.45. The molecule has 1 heterocycles. The van der Waals surface area contributed by atoms with Crippen molar-refractivity contribution in [3.05, 3.63) is 82.7 Å². The molecule has 0 aliphatic rings. The van der Waals surface area contributed by atoms with Crippen molar-refractivity contribution in [1.29, 1.82) is 0 Å². The van der Waals surface area contributed by atoms with Gasteiger partial charge in [-0.05, 0) is 44.4 Å². The Morgan fingerprint density at radius 1 is 1.07 bits per heavy atom. The Morgan fingerprint density at radius 3 is 2.56 bits per heavy atom. The predicted octanol–water partition coefficient (Wildman–Crippen LogP) is 4.95. The largest absolute Gasteiger partial charge is 0.361 e. The van der Waals surface area contributed by atoms with Gasteiger partial charge in [0.25, 0.3) is 5.91 Å². The third-order valence-corrected chi connectivity index (χ3v) is 5.56. The maximum Gasteiger partial charge on any atom is 0.252 e. The van der Waals surface area contributed by atoms with Crippen LogP contribution in [0.1, 0.15) is 39.4 Å². The van der Waals surface area contributed by atoms with Crippen LogP contribution in [0.15, 0.2) is 64.0 Å². The summed E-state index contributed by atoms with van der Waals surface area (Å²) in [6, 6.07) is 18.1. The van der Waals surface area contributed by atoms with E-state index in [4.69, 9.17) is 4.52 Å². The van der Waals surface area contributed by atoms with Crippen LogP contribution >= 0.6 is 11.8 Å². The lowest BCUT2D eigenvalue weighted by Gasteiger charge is -2.10. The Bertz CT molecular complexity index is 871. The van der Waals surface area contributed by atoms with E-state index in [1.165, 1.54) is 5.56 Å². The van der Waals surface area contributed by atoms with Gasteiger partial charge in [0.15, 0.2) is 0 Å². The van der Waals surface area contributed by atoms with Gasteiger partial charge in [-0.1, -0.05) is 47.6 Å². The van der Waals surface area contributed by atoms with E-state index in [9.17, 15) is 4.79 Å². The Labute approximate surface area is 164 Å². The fraction of sp³-hybridized carbons (Fsp3) is 0.273. The Balaban J connectivity index is 1.55. The summed E-state index contributed by atoms with van der Waals surface area (Å²) in [6.45, 7) is 4.52. The number of benzene rings is 2. The highest BCUT2D eigenvalue weighted by Crippen LogP contribution is 2.28. The van der Waals surface area contributed by atoms with E-state index in [1.807, 2.05) is 56.3 Å². The first kappa shape index (κ1) is 19.2. The normalized spacial score (nSPS) is 10.7. The molecular formula is C22H24N2O2S. The molecule has 1 aromatic heterocycles. The second-order valence-electron chi connectivity index (χ2n) is 6.43. The van der Waals surface area contributed by atoms with Crippen LogP contribution in [0.4, 0.5) is 0 Å². The van der Waals surface area contributed by atoms with Crippen molar-refractivity contribution in [2.75, 3.05) is 6.54 Å². The molecule has 0 unspecified atom stereocenters. The Morgan fingerprint density at radius 2 is 1.81 bits per heavy atom. The van der Waals surface area contributed by atoms with Gasteiger partial charge in [-0.25, -0.2) is 0 Å². The van der Waals surface area contributed by atoms with E-state index in [2.05, 4.69) is 22.6 Å². The summed E-state index contributed by atoms with van der Waals surface area (Å²) in [5, 5.41) is 7.04. The third kappa shape index (κ3) is 5.23. The number of nitrogens with one attached hydrogen (secondary N) is 1. The molecule has 3 aromatic rings. The standard InChI is InChI=1S/C22H24N2O2S/c1-16-20(17(2)26-24-16)15-27-21-13-7-6-12-19(21)22(25)23-14-8-11-18-9-4-3-5-10-18/h3-7,9-10,12-13H,8,11,14-15H2,1-2H3,(H,23,25). The van der Waals surface area contributed by atoms with Crippen LogP contribution in [0, 0.1) is 13.8 Å². The highest BCUT2D eigenvalue weighted by atomic mass is 32.2. The van der Waals surface area contributed by atoms with Crippen molar-refractivity contribution in [3.8, 4) is 0 Å². The van der Waals surface area contributed by atoms with Crippen molar-refractivity contribution in [2.24, 2.45) is 0 Å². The first-order valence-electron chi connectivity index (χ1n) is 9.11. The number of amides is 1. The van der Waals surface area contributed by atoms with Gasteiger partial charge in [0.2, 0.25) is 0 Å². The van der Waals surface area contributed by atoms with E-state index in [0.717, 1.165) is 40.5 Å². The molecule has 1 N–H and O–H groups in total. The smallest absolute Gasteiger partial charge is 0.252 e. The molecule has 1 amide bonds. The molecular weight excluding hydrogens is 356 g/mol. The van der Waals surface area contributed by atoms with Crippen LogP contribution in [0.25, 0.3) is 0 Å². The second kappa shape index (κ2) is 9.42. The van der Waals surface area contributed by atoms with Gasteiger partial charge < -0.3 is 9.84 Å². The summed E-state index contributed by atoms with van der Waals surface area (Å²) in [5.74, 6) is 1.55. The third-order valence-electron chi connectivity index (χ3n) is 4.46. The van der Waals surface area contributed by atoms with Crippen molar-refractivity contribution in [1.82, 2.24) is 10.5 Å². The molecule has 0 saturated heterocycles. The van der Waals surface area contributed by atoms with E-state index >= 15 is 0 Å². The zero-order valence-corrected chi connectivity index (χ0v) is 16.5. The van der Waals surface area contributed by atoms with Crippen molar-refractivity contribution in [2.45, 2.75) is 37.3 Å². The van der Waals surface area contributed by atoms with E-state index < -0.39 is 0 Å². The van der Waals surface area contributed by atoms with Crippen molar-refractivity contribution < 1.29 is 9.32 Å². The zero-order valence-electron chi connectivity index (χ0n) is 15.7. The van der Waals surface area contributed by atoms with Gasteiger partial charge in [-0.2, -0.15) is 0 Å². The first-order valence-corrected chi connectivity index (χ1v) is 10.1. The number of hydrogen-bond donors (Lipinski definition) is 1. The highest BCUT2D eigenvalue weighted by molar-refractivity contribution is 7.98. The highest BCUT2D eigenvalue weighted by Gasteiger charge is 2.14.